The smallest absolute Gasteiger partial charge is 0.406 e. The molecule has 0 bridgehead atoms. The van der Waals surface area contributed by atoms with Crippen LogP contribution in [-0.2, 0) is 0 Å². The summed E-state index contributed by atoms with van der Waals surface area (Å²) in [7, 11) is 0. The number of amides is 1. The predicted octanol–water partition coefficient (Wildman–Crippen LogP) is 3.82. The molecule has 182 valence electrons. The zero-order valence-electron chi connectivity index (χ0n) is 19.4. The largest absolute Gasteiger partial charge is 0.417 e. The summed E-state index contributed by atoms with van der Waals surface area (Å²) in [6, 6.07) is 14.7. The number of anilines is 2. The van der Waals surface area contributed by atoms with E-state index in [4.69, 9.17) is 21.4 Å². The van der Waals surface area contributed by atoms with Gasteiger partial charge in [-0.05, 0) is 55.8 Å². The van der Waals surface area contributed by atoms with Crippen molar-refractivity contribution in [2.45, 2.75) is 13.3 Å². The van der Waals surface area contributed by atoms with Crippen LogP contribution in [0.3, 0.4) is 0 Å². The third kappa shape index (κ3) is 5.92. The second kappa shape index (κ2) is 11.2. The summed E-state index contributed by atoms with van der Waals surface area (Å²) in [5.41, 5.74) is 3.26. The fourth-order valence-corrected chi connectivity index (χ4v) is 4.19. The maximum Gasteiger partial charge on any atom is 0.417 e. The third-order valence-electron chi connectivity index (χ3n) is 5.95. The summed E-state index contributed by atoms with van der Waals surface area (Å²) in [5, 5.41) is 26.3. The zero-order valence-corrected chi connectivity index (χ0v) is 20.2. The molecule has 3 aromatic rings. The first-order valence-corrected chi connectivity index (χ1v) is 11.8. The lowest BCUT2D eigenvalue weighted by Crippen LogP contribution is -2.47. The van der Waals surface area contributed by atoms with Gasteiger partial charge in [0.05, 0.1) is 28.8 Å². The van der Waals surface area contributed by atoms with Crippen LogP contribution in [0, 0.1) is 18.3 Å². The number of aromatic nitrogens is 2. The van der Waals surface area contributed by atoms with Crippen LogP contribution in [0.15, 0.2) is 48.7 Å². The highest BCUT2D eigenvalue weighted by Crippen LogP contribution is 2.26. The molecule has 1 fully saturated rings. The van der Waals surface area contributed by atoms with E-state index in [0.717, 1.165) is 50.5 Å². The van der Waals surface area contributed by atoms with Crippen LogP contribution in [0.1, 0.15) is 17.7 Å². The molecular formula is C25H27ClN6O3. The molecule has 1 amide bonds. The number of hydrogen-bond acceptors (Lipinski definition) is 7. The molecule has 35 heavy (non-hydrogen) atoms. The molecule has 0 radical (unpaired) electrons. The first kappa shape index (κ1) is 24.5. The van der Waals surface area contributed by atoms with Crippen molar-refractivity contribution >= 4 is 29.1 Å². The maximum atomic E-state index is 12.5. The SMILES string of the molecule is Cc1c(OC(=O)Nc2ccc(N3CCN(CCCO)CC3)c(C#N)c2)cnn1-c1ccc(Cl)cc1. The van der Waals surface area contributed by atoms with Crippen LogP contribution in [0.2, 0.25) is 5.02 Å². The Balaban J connectivity index is 1.39. The van der Waals surface area contributed by atoms with E-state index in [1.165, 1.54) is 6.20 Å². The summed E-state index contributed by atoms with van der Waals surface area (Å²) >= 11 is 5.95. The van der Waals surface area contributed by atoms with Crippen LogP contribution in [0.25, 0.3) is 5.69 Å². The van der Waals surface area contributed by atoms with Gasteiger partial charge in [-0.25, -0.2) is 9.48 Å². The van der Waals surface area contributed by atoms with Gasteiger partial charge in [0.25, 0.3) is 0 Å². The van der Waals surface area contributed by atoms with E-state index in [1.54, 1.807) is 35.9 Å². The predicted molar refractivity (Wildman–Crippen MR) is 134 cm³/mol. The van der Waals surface area contributed by atoms with E-state index in [0.29, 0.717) is 27.7 Å². The Morgan fingerprint density at radius 1 is 1.20 bits per heavy atom. The Kier molecular flexibility index (Phi) is 7.87. The topological polar surface area (TPSA) is 107 Å². The summed E-state index contributed by atoms with van der Waals surface area (Å²) in [5.74, 6) is 0.327. The Morgan fingerprint density at radius 3 is 2.63 bits per heavy atom. The quantitative estimate of drug-likeness (QED) is 0.514. The Labute approximate surface area is 209 Å². The second-order valence-corrected chi connectivity index (χ2v) is 8.68. The third-order valence-corrected chi connectivity index (χ3v) is 6.20. The summed E-state index contributed by atoms with van der Waals surface area (Å²) in [6.45, 7) is 6.22. The Morgan fingerprint density at radius 2 is 1.94 bits per heavy atom. The van der Waals surface area contributed by atoms with Gasteiger partial charge in [0.1, 0.15) is 6.07 Å². The number of nitrogens with one attached hydrogen (secondary N) is 1. The minimum Gasteiger partial charge on any atom is -0.406 e. The lowest BCUT2D eigenvalue weighted by Gasteiger charge is -2.36. The average Bonchev–Trinajstić information content (AvgIpc) is 3.23. The summed E-state index contributed by atoms with van der Waals surface area (Å²) in [4.78, 5) is 17.0. The van der Waals surface area contributed by atoms with Crippen molar-refractivity contribution in [1.82, 2.24) is 14.7 Å². The number of aliphatic hydroxyl groups excluding tert-OH is 1. The molecular weight excluding hydrogens is 468 g/mol. The van der Waals surface area contributed by atoms with Crippen molar-refractivity contribution in [2.24, 2.45) is 0 Å². The van der Waals surface area contributed by atoms with Gasteiger partial charge in [0.2, 0.25) is 0 Å². The van der Waals surface area contributed by atoms with Gasteiger partial charge in [-0.3, -0.25) is 10.2 Å². The number of aliphatic hydroxyl groups is 1. The molecule has 2 heterocycles. The number of halogens is 1. The molecule has 2 aromatic carbocycles. The van der Waals surface area contributed by atoms with Crippen molar-refractivity contribution in [3.05, 3.63) is 64.9 Å². The highest BCUT2D eigenvalue weighted by Gasteiger charge is 2.20. The fourth-order valence-electron chi connectivity index (χ4n) is 4.07. The molecule has 9 nitrogen and oxygen atoms in total. The van der Waals surface area contributed by atoms with Crippen LogP contribution >= 0.6 is 11.6 Å². The lowest BCUT2D eigenvalue weighted by molar-refractivity contribution is 0.215. The van der Waals surface area contributed by atoms with Gasteiger partial charge in [0, 0.05) is 50.0 Å². The first-order chi connectivity index (χ1) is 17.0. The monoisotopic (exact) mass is 494 g/mol. The minimum absolute atomic E-state index is 0.194. The molecule has 10 heteroatoms. The molecule has 0 saturated carbocycles. The van der Waals surface area contributed by atoms with Crippen LogP contribution in [0.5, 0.6) is 5.75 Å². The number of ether oxygens (including phenoxy) is 1. The second-order valence-electron chi connectivity index (χ2n) is 8.25. The van der Waals surface area contributed by atoms with Crippen LogP contribution in [0.4, 0.5) is 16.2 Å². The number of hydrogen-bond donors (Lipinski definition) is 2. The summed E-state index contributed by atoms with van der Waals surface area (Å²) < 4.78 is 7.12. The number of rotatable bonds is 7. The van der Waals surface area contributed by atoms with Gasteiger partial charge in [-0.1, -0.05) is 11.6 Å². The van der Waals surface area contributed by atoms with Gasteiger partial charge in [0.15, 0.2) is 5.75 Å². The number of piperazine rings is 1. The minimum atomic E-state index is -0.669. The molecule has 1 aromatic heterocycles. The van der Waals surface area contributed by atoms with E-state index >= 15 is 0 Å². The van der Waals surface area contributed by atoms with Gasteiger partial charge in [-0.2, -0.15) is 10.4 Å². The van der Waals surface area contributed by atoms with Crippen molar-refractivity contribution in [3.8, 4) is 17.5 Å². The molecule has 0 atom stereocenters. The molecule has 1 aliphatic heterocycles. The Bertz CT molecular complexity index is 1210. The van der Waals surface area contributed by atoms with E-state index < -0.39 is 6.09 Å². The number of carbonyl (C=O) groups is 1. The summed E-state index contributed by atoms with van der Waals surface area (Å²) in [6.07, 6.45) is 1.58. The number of nitriles is 1. The molecule has 2 N–H and O–H groups in total. The average molecular weight is 495 g/mol. The molecule has 1 aliphatic rings. The van der Waals surface area contributed by atoms with Gasteiger partial charge in [-0.15, -0.1) is 0 Å². The molecule has 0 unspecified atom stereocenters. The number of benzene rings is 2. The number of carbonyl (C=O) groups excluding carboxylic acids is 1. The van der Waals surface area contributed by atoms with Gasteiger partial charge >= 0.3 is 6.09 Å². The van der Waals surface area contributed by atoms with Crippen molar-refractivity contribution in [2.75, 3.05) is 49.5 Å². The first-order valence-electron chi connectivity index (χ1n) is 11.4. The van der Waals surface area contributed by atoms with E-state index in [-0.39, 0.29) is 6.61 Å². The normalized spacial score (nSPS) is 13.9. The van der Waals surface area contributed by atoms with E-state index in [9.17, 15) is 10.1 Å². The van der Waals surface area contributed by atoms with Crippen molar-refractivity contribution < 1.29 is 14.6 Å². The highest BCUT2D eigenvalue weighted by atomic mass is 35.5. The van der Waals surface area contributed by atoms with E-state index in [1.807, 2.05) is 18.2 Å². The number of nitrogens with zero attached hydrogens (tertiary/aromatic N) is 5. The van der Waals surface area contributed by atoms with Crippen molar-refractivity contribution in [1.29, 1.82) is 5.26 Å². The van der Waals surface area contributed by atoms with Crippen LogP contribution in [-0.4, -0.2) is 65.2 Å². The zero-order chi connectivity index (χ0) is 24.8. The van der Waals surface area contributed by atoms with Crippen LogP contribution < -0.4 is 15.0 Å². The molecule has 1 saturated heterocycles. The highest BCUT2D eigenvalue weighted by molar-refractivity contribution is 6.30. The standard InChI is InChI=1S/C25H27ClN6O3/c1-18-24(17-28-32(18)22-6-3-20(26)4-7-22)35-25(34)29-21-5-8-23(19(15-21)16-27)31-12-10-30(11-13-31)9-2-14-33/h3-8,15,17,33H,2,9-14H2,1H3,(H,29,34). The van der Waals surface area contributed by atoms with Crippen molar-refractivity contribution in [3.63, 3.8) is 0 Å². The molecule has 0 aliphatic carbocycles. The fraction of sp³-hybridized carbons (Fsp3) is 0.320. The van der Waals surface area contributed by atoms with Gasteiger partial charge < -0.3 is 14.7 Å². The van der Waals surface area contributed by atoms with E-state index in [2.05, 4.69) is 26.3 Å². The lowest BCUT2D eigenvalue weighted by atomic mass is 10.1. The molecule has 4 rings (SSSR count). The maximum absolute atomic E-state index is 12.5. The Hall–Kier alpha value is -3.58. The molecule has 0 spiro atoms.